The summed E-state index contributed by atoms with van der Waals surface area (Å²) in [5.41, 5.74) is 1.21. The van der Waals surface area contributed by atoms with Crippen LogP contribution in [0.2, 0.25) is 0 Å². The minimum atomic E-state index is -0.0496. The van der Waals surface area contributed by atoms with Crippen LogP contribution in [-0.4, -0.2) is 24.9 Å². The molecule has 2 N–H and O–H groups in total. The number of carbonyl (C=O) groups is 2. The first kappa shape index (κ1) is 18.2. The first-order chi connectivity index (χ1) is 11.7. The van der Waals surface area contributed by atoms with Gasteiger partial charge in [0.1, 0.15) is 0 Å². The normalized spacial score (nSPS) is 11.7. The third-order valence-electron chi connectivity index (χ3n) is 3.90. The second-order valence-electron chi connectivity index (χ2n) is 5.66. The summed E-state index contributed by atoms with van der Waals surface area (Å²) in [5, 5.41) is 7.68. The van der Waals surface area contributed by atoms with E-state index in [1.807, 2.05) is 29.6 Å². The van der Waals surface area contributed by atoms with E-state index >= 15 is 0 Å². The SMILES string of the molecule is CCC(CC(=O)NCCCNC(=O)c1cccs1)c1ccccc1. The molecule has 4 nitrogen and oxygen atoms in total. The molecule has 2 amide bonds. The van der Waals surface area contributed by atoms with Gasteiger partial charge in [-0.2, -0.15) is 0 Å². The number of hydrogen-bond acceptors (Lipinski definition) is 3. The summed E-state index contributed by atoms with van der Waals surface area (Å²) in [6, 6.07) is 13.8. The topological polar surface area (TPSA) is 58.2 Å². The van der Waals surface area contributed by atoms with Gasteiger partial charge in [0, 0.05) is 19.5 Å². The quantitative estimate of drug-likeness (QED) is 0.683. The van der Waals surface area contributed by atoms with Gasteiger partial charge in [-0.15, -0.1) is 11.3 Å². The van der Waals surface area contributed by atoms with E-state index in [9.17, 15) is 9.59 Å². The van der Waals surface area contributed by atoms with Gasteiger partial charge in [0.05, 0.1) is 4.88 Å². The van der Waals surface area contributed by atoms with Crippen LogP contribution >= 0.6 is 11.3 Å². The lowest BCUT2D eigenvalue weighted by Crippen LogP contribution is -2.30. The molecule has 128 valence electrons. The van der Waals surface area contributed by atoms with Gasteiger partial charge in [-0.25, -0.2) is 0 Å². The summed E-state index contributed by atoms with van der Waals surface area (Å²) < 4.78 is 0. The van der Waals surface area contributed by atoms with Gasteiger partial charge < -0.3 is 10.6 Å². The molecule has 0 aliphatic heterocycles. The van der Waals surface area contributed by atoms with Crippen molar-refractivity contribution in [2.24, 2.45) is 0 Å². The lowest BCUT2D eigenvalue weighted by molar-refractivity contribution is -0.121. The fourth-order valence-corrected chi connectivity index (χ4v) is 3.17. The van der Waals surface area contributed by atoms with E-state index in [4.69, 9.17) is 0 Å². The highest BCUT2D eigenvalue weighted by atomic mass is 32.1. The molecule has 5 heteroatoms. The molecule has 0 fully saturated rings. The summed E-state index contributed by atoms with van der Waals surface area (Å²) in [7, 11) is 0. The van der Waals surface area contributed by atoms with Crippen molar-refractivity contribution in [3.8, 4) is 0 Å². The van der Waals surface area contributed by atoms with Gasteiger partial charge in [-0.3, -0.25) is 9.59 Å². The molecule has 2 rings (SSSR count). The highest BCUT2D eigenvalue weighted by Gasteiger charge is 2.13. The summed E-state index contributed by atoms with van der Waals surface area (Å²) >= 11 is 1.43. The monoisotopic (exact) mass is 344 g/mol. The molecule has 24 heavy (non-hydrogen) atoms. The molecule has 1 atom stereocenters. The Balaban J connectivity index is 1.63. The van der Waals surface area contributed by atoms with Crippen molar-refractivity contribution in [3.05, 3.63) is 58.3 Å². The van der Waals surface area contributed by atoms with E-state index in [0.29, 0.717) is 24.4 Å². The molecule has 0 bridgehead atoms. The zero-order chi connectivity index (χ0) is 17.2. The Morgan fingerprint density at radius 2 is 1.79 bits per heavy atom. The number of carbonyl (C=O) groups excluding carboxylic acids is 2. The van der Waals surface area contributed by atoms with Gasteiger partial charge in [-0.1, -0.05) is 43.3 Å². The Bertz CT molecular complexity index is 626. The van der Waals surface area contributed by atoms with Crippen LogP contribution in [0.15, 0.2) is 47.8 Å². The molecule has 0 saturated carbocycles. The van der Waals surface area contributed by atoms with Gasteiger partial charge in [0.15, 0.2) is 0 Å². The Kier molecular flexibility index (Phi) is 7.49. The maximum atomic E-state index is 12.1. The summed E-state index contributed by atoms with van der Waals surface area (Å²) in [5.74, 6) is 0.270. The number of thiophene rings is 1. The maximum Gasteiger partial charge on any atom is 0.261 e. The van der Waals surface area contributed by atoms with Crippen molar-refractivity contribution in [1.29, 1.82) is 0 Å². The molecule has 1 unspecified atom stereocenters. The van der Waals surface area contributed by atoms with E-state index in [-0.39, 0.29) is 17.7 Å². The highest BCUT2D eigenvalue weighted by Crippen LogP contribution is 2.22. The molecule has 1 aromatic carbocycles. The molecule has 0 saturated heterocycles. The molecule has 0 radical (unpaired) electrons. The Labute approximate surface area is 147 Å². The largest absolute Gasteiger partial charge is 0.356 e. The van der Waals surface area contributed by atoms with E-state index in [1.54, 1.807) is 6.07 Å². The lowest BCUT2D eigenvalue weighted by atomic mass is 9.93. The number of amides is 2. The van der Waals surface area contributed by atoms with Crippen molar-refractivity contribution >= 4 is 23.2 Å². The Morgan fingerprint density at radius 1 is 1.04 bits per heavy atom. The zero-order valence-corrected chi connectivity index (χ0v) is 14.8. The smallest absolute Gasteiger partial charge is 0.261 e. The fourth-order valence-electron chi connectivity index (χ4n) is 2.53. The first-order valence-electron chi connectivity index (χ1n) is 8.34. The van der Waals surface area contributed by atoms with Crippen LogP contribution in [0.4, 0.5) is 0 Å². The Morgan fingerprint density at radius 3 is 2.46 bits per heavy atom. The third-order valence-corrected chi connectivity index (χ3v) is 4.77. The van der Waals surface area contributed by atoms with Gasteiger partial charge >= 0.3 is 0 Å². The summed E-state index contributed by atoms with van der Waals surface area (Å²) in [4.78, 5) is 24.5. The van der Waals surface area contributed by atoms with Crippen molar-refractivity contribution in [1.82, 2.24) is 10.6 Å². The van der Waals surface area contributed by atoms with E-state index < -0.39 is 0 Å². The molecule has 1 aromatic heterocycles. The van der Waals surface area contributed by atoms with Crippen LogP contribution in [0.5, 0.6) is 0 Å². The third kappa shape index (κ3) is 5.81. The number of nitrogens with one attached hydrogen (secondary N) is 2. The van der Waals surface area contributed by atoms with Crippen LogP contribution in [0.25, 0.3) is 0 Å². The number of benzene rings is 1. The summed E-state index contributed by atoms with van der Waals surface area (Å²) in [6.45, 7) is 3.24. The second-order valence-corrected chi connectivity index (χ2v) is 6.60. The highest BCUT2D eigenvalue weighted by molar-refractivity contribution is 7.12. The minimum Gasteiger partial charge on any atom is -0.356 e. The zero-order valence-electron chi connectivity index (χ0n) is 14.0. The van der Waals surface area contributed by atoms with Crippen molar-refractivity contribution in [2.45, 2.75) is 32.1 Å². The van der Waals surface area contributed by atoms with Crippen LogP contribution in [-0.2, 0) is 4.79 Å². The van der Waals surface area contributed by atoms with Crippen molar-refractivity contribution in [2.75, 3.05) is 13.1 Å². The number of rotatable bonds is 9. The lowest BCUT2D eigenvalue weighted by Gasteiger charge is -2.15. The second kappa shape index (κ2) is 9.88. The maximum absolute atomic E-state index is 12.1. The van der Waals surface area contributed by atoms with Crippen LogP contribution in [0, 0.1) is 0 Å². The standard InChI is InChI=1S/C19H24N2O2S/c1-2-15(16-8-4-3-5-9-16)14-18(22)20-11-7-12-21-19(23)17-10-6-13-24-17/h3-6,8-10,13,15H,2,7,11-12,14H2,1H3,(H,20,22)(H,21,23). The van der Waals surface area contributed by atoms with Crippen LogP contribution in [0.1, 0.15) is 47.3 Å². The molecule has 1 heterocycles. The average Bonchev–Trinajstić information content (AvgIpc) is 3.14. The minimum absolute atomic E-state index is 0.0496. The molecular formula is C19H24N2O2S. The van der Waals surface area contributed by atoms with Gasteiger partial charge in [0.2, 0.25) is 5.91 Å². The van der Waals surface area contributed by atoms with E-state index in [0.717, 1.165) is 12.8 Å². The van der Waals surface area contributed by atoms with Crippen LogP contribution in [0.3, 0.4) is 0 Å². The summed E-state index contributed by atoms with van der Waals surface area (Å²) in [6.07, 6.45) is 2.17. The van der Waals surface area contributed by atoms with E-state index in [1.165, 1.54) is 16.9 Å². The van der Waals surface area contributed by atoms with Gasteiger partial charge in [-0.05, 0) is 35.8 Å². The first-order valence-corrected chi connectivity index (χ1v) is 9.22. The molecule has 0 spiro atoms. The number of hydrogen-bond donors (Lipinski definition) is 2. The fraction of sp³-hybridized carbons (Fsp3) is 0.368. The predicted molar refractivity (Wildman–Crippen MR) is 98.4 cm³/mol. The van der Waals surface area contributed by atoms with Crippen molar-refractivity contribution < 1.29 is 9.59 Å². The Hall–Kier alpha value is -2.14. The predicted octanol–water partition coefficient (Wildman–Crippen LogP) is 3.57. The van der Waals surface area contributed by atoms with Crippen LogP contribution < -0.4 is 10.6 Å². The molecule has 0 aliphatic rings. The van der Waals surface area contributed by atoms with Crippen molar-refractivity contribution in [3.63, 3.8) is 0 Å². The average molecular weight is 344 g/mol. The molecule has 0 aliphatic carbocycles. The van der Waals surface area contributed by atoms with E-state index in [2.05, 4.69) is 29.7 Å². The van der Waals surface area contributed by atoms with Gasteiger partial charge in [0.25, 0.3) is 5.91 Å². The molecule has 2 aromatic rings. The molecular weight excluding hydrogens is 320 g/mol.